The van der Waals surface area contributed by atoms with Crippen LogP contribution in [0, 0.1) is 17.8 Å². The van der Waals surface area contributed by atoms with Gasteiger partial charge in [-0.3, -0.25) is 0 Å². The van der Waals surface area contributed by atoms with Gasteiger partial charge in [0.1, 0.15) is 5.76 Å². The topological polar surface area (TPSA) is 18.5 Å². The van der Waals surface area contributed by atoms with E-state index in [-0.39, 0.29) is 0 Å². The van der Waals surface area contributed by atoms with E-state index in [9.17, 15) is 0 Å². The lowest BCUT2D eigenvalue weighted by Gasteiger charge is -2.28. The van der Waals surface area contributed by atoms with Gasteiger partial charge >= 0.3 is 0 Å². The van der Waals surface area contributed by atoms with Gasteiger partial charge in [-0.25, -0.2) is 0 Å². The van der Waals surface area contributed by atoms with Crippen LogP contribution in [0.5, 0.6) is 0 Å². The number of hydrogen-bond acceptors (Lipinski definition) is 2. The van der Waals surface area contributed by atoms with Gasteiger partial charge in [-0.2, -0.15) is 0 Å². The average molecular weight is 222 g/mol. The van der Waals surface area contributed by atoms with Gasteiger partial charge in [0.15, 0.2) is 6.79 Å². The molecule has 90 valence electrons. The standard InChI is InChI=1S/C14H22O2/c1-11-3-5-12(6-4-11)13-7-8-14(9-13)16-10-15-2/h7-9,11-13H,3-6,10H2,1-2H3. The van der Waals surface area contributed by atoms with Gasteiger partial charge in [0.25, 0.3) is 0 Å². The first-order chi connectivity index (χ1) is 7.79. The molecule has 2 aliphatic carbocycles. The molecule has 0 N–H and O–H groups in total. The van der Waals surface area contributed by atoms with Crippen molar-refractivity contribution in [1.29, 1.82) is 0 Å². The first-order valence-corrected chi connectivity index (χ1v) is 6.31. The maximum Gasteiger partial charge on any atom is 0.188 e. The molecule has 0 aliphatic heterocycles. The average Bonchev–Trinajstić information content (AvgIpc) is 2.76. The van der Waals surface area contributed by atoms with Gasteiger partial charge in [0, 0.05) is 13.0 Å². The minimum Gasteiger partial charge on any atom is -0.468 e. The van der Waals surface area contributed by atoms with E-state index in [1.807, 2.05) is 0 Å². The van der Waals surface area contributed by atoms with Gasteiger partial charge in [0.05, 0.1) is 0 Å². The monoisotopic (exact) mass is 222 g/mol. The highest BCUT2D eigenvalue weighted by Crippen LogP contribution is 2.36. The normalized spacial score (nSPS) is 33.9. The van der Waals surface area contributed by atoms with E-state index < -0.39 is 0 Å². The first-order valence-electron chi connectivity index (χ1n) is 6.31. The molecule has 0 radical (unpaired) electrons. The summed E-state index contributed by atoms with van der Waals surface area (Å²) in [7, 11) is 1.65. The van der Waals surface area contributed by atoms with E-state index in [4.69, 9.17) is 9.47 Å². The summed E-state index contributed by atoms with van der Waals surface area (Å²) >= 11 is 0. The van der Waals surface area contributed by atoms with Crippen LogP contribution in [0.4, 0.5) is 0 Å². The van der Waals surface area contributed by atoms with Crippen LogP contribution in [0.25, 0.3) is 0 Å². The molecule has 0 bridgehead atoms. The second kappa shape index (κ2) is 5.53. The SMILES string of the molecule is COCOC1=CC(C2CCC(C)CC2)C=C1. The maximum absolute atomic E-state index is 5.45. The van der Waals surface area contributed by atoms with Crippen molar-refractivity contribution < 1.29 is 9.47 Å². The third kappa shape index (κ3) is 2.88. The Kier molecular flexibility index (Phi) is 4.05. The summed E-state index contributed by atoms with van der Waals surface area (Å²) < 4.78 is 10.3. The van der Waals surface area contributed by atoms with E-state index in [2.05, 4.69) is 25.2 Å². The Hall–Kier alpha value is -0.760. The van der Waals surface area contributed by atoms with Crippen LogP contribution in [-0.4, -0.2) is 13.9 Å². The summed E-state index contributed by atoms with van der Waals surface area (Å²) in [6, 6.07) is 0. The van der Waals surface area contributed by atoms with E-state index in [1.165, 1.54) is 25.7 Å². The quantitative estimate of drug-likeness (QED) is 0.678. The Labute approximate surface area is 98.3 Å². The highest BCUT2D eigenvalue weighted by Gasteiger charge is 2.25. The van der Waals surface area contributed by atoms with Crippen LogP contribution in [-0.2, 0) is 9.47 Å². The number of ether oxygens (including phenoxy) is 2. The Balaban J connectivity index is 1.83. The van der Waals surface area contributed by atoms with E-state index >= 15 is 0 Å². The molecule has 0 aromatic heterocycles. The summed E-state index contributed by atoms with van der Waals surface area (Å²) in [5, 5.41) is 0. The predicted octanol–water partition coefficient (Wildman–Crippen LogP) is 3.50. The Morgan fingerprint density at radius 2 is 2.00 bits per heavy atom. The van der Waals surface area contributed by atoms with Crippen molar-refractivity contribution in [1.82, 2.24) is 0 Å². The smallest absolute Gasteiger partial charge is 0.188 e. The summed E-state index contributed by atoms with van der Waals surface area (Å²) in [5.74, 6) is 3.33. The minimum absolute atomic E-state index is 0.352. The minimum atomic E-state index is 0.352. The molecule has 0 aromatic carbocycles. The third-order valence-electron chi connectivity index (χ3n) is 3.79. The van der Waals surface area contributed by atoms with E-state index in [0.717, 1.165) is 17.6 Å². The van der Waals surface area contributed by atoms with Crippen LogP contribution < -0.4 is 0 Å². The van der Waals surface area contributed by atoms with E-state index in [0.29, 0.717) is 12.7 Å². The van der Waals surface area contributed by atoms with Crippen LogP contribution in [0.1, 0.15) is 32.6 Å². The van der Waals surface area contributed by atoms with Crippen LogP contribution in [0.2, 0.25) is 0 Å². The van der Waals surface area contributed by atoms with Crippen molar-refractivity contribution in [3.63, 3.8) is 0 Å². The van der Waals surface area contributed by atoms with E-state index in [1.54, 1.807) is 7.11 Å². The Bertz CT molecular complexity index is 272. The highest BCUT2D eigenvalue weighted by molar-refractivity contribution is 5.25. The fourth-order valence-electron chi connectivity index (χ4n) is 2.69. The fourth-order valence-corrected chi connectivity index (χ4v) is 2.69. The molecule has 1 unspecified atom stereocenters. The van der Waals surface area contributed by atoms with Gasteiger partial charge in [-0.15, -0.1) is 0 Å². The molecule has 1 fully saturated rings. The van der Waals surface area contributed by atoms with Gasteiger partial charge in [-0.05, 0) is 36.8 Å². The molecule has 0 heterocycles. The molecular formula is C14H22O2. The van der Waals surface area contributed by atoms with Crippen molar-refractivity contribution in [2.75, 3.05) is 13.9 Å². The van der Waals surface area contributed by atoms with Crippen molar-refractivity contribution in [3.8, 4) is 0 Å². The zero-order valence-electron chi connectivity index (χ0n) is 10.3. The number of methoxy groups -OCH3 is 1. The lowest BCUT2D eigenvalue weighted by molar-refractivity contribution is 0.00997. The first kappa shape index (κ1) is 11.7. The molecule has 16 heavy (non-hydrogen) atoms. The van der Waals surface area contributed by atoms with Crippen molar-refractivity contribution in [2.24, 2.45) is 17.8 Å². The van der Waals surface area contributed by atoms with Crippen LogP contribution >= 0.6 is 0 Å². The molecule has 2 aliphatic rings. The molecule has 0 saturated heterocycles. The van der Waals surface area contributed by atoms with Crippen molar-refractivity contribution in [3.05, 3.63) is 24.0 Å². The molecule has 0 spiro atoms. The summed E-state index contributed by atoms with van der Waals surface area (Å²) in [5.41, 5.74) is 0. The predicted molar refractivity (Wildman–Crippen MR) is 64.8 cm³/mol. The molecular weight excluding hydrogens is 200 g/mol. The molecule has 0 aromatic rings. The second-order valence-electron chi connectivity index (χ2n) is 5.08. The van der Waals surface area contributed by atoms with Crippen molar-refractivity contribution in [2.45, 2.75) is 32.6 Å². The van der Waals surface area contributed by atoms with Gasteiger partial charge < -0.3 is 9.47 Å². The second-order valence-corrected chi connectivity index (χ2v) is 5.08. The summed E-state index contributed by atoms with van der Waals surface area (Å²) in [6.45, 7) is 2.72. The lowest BCUT2D eigenvalue weighted by atomic mass is 9.77. The molecule has 2 heteroatoms. The maximum atomic E-state index is 5.45. The Morgan fingerprint density at radius 3 is 2.69 bits per heavy atom. The number of allylic oxidation sites excluding steroid dienone is 3. The number of hydrogen-bond donors (Lipinski definition) is 0. The molecule has 1 atom stereocenters. The third-order valence-corrected chi connectivity index (χ3v) is 3.79. The number of rotatable bonds is 4. The highest BCUT2D eigenvalue weighted by atomic mass is 16.7. The molecule has 0 amide bonds. The molecule has 2 rings (SSSR count). The largest absolute Gasteiger partial charge is 0.468 e. The zero-order valence-corrected chi connectivity index (χ0v) is 10.3. The van der Waals surface area contributed by atoms with Crippen LogP contribution in [0.15, 0.2) is 24.0 Å². The molecule has 1 saturated carbocycles. The van der Waals surface area contributed by atoms with Crippen LogP contribution in [0.3, 0.4) is 0 Å². The molecule has 2 nitrogen and oxygen atoms in total. The summed E-state index contributed by atoms with van der Waals surface area (Å²) in [6.07, 6.45) is 12.1. The van der Waals surface area contributed by atoms with Gasteiger partial charge in [-0.1, -0.05) is 25.8 Å². The fraction of sp³-hybridized carbons (Fsp3) is 0.714. The lowest BCUT2D eigenvalue weighted by Crippen LogP contribution is -2.17. The van der Waals surface area contributed by atoms with Crippen molar-refractivity contribution >= 4 is 0 Å². The summed E-state index contributed by atoms with van der Waals surface area (Å²) in [4.78, 5) is 0. The zero-order chi connectivity index (χ0) is 11.4. The van der Waals surface area contributed by atoms with Gasteiger partial charge in [0.2, 0.25) is 0 Å². The Morgan fingerprint density at radius 1 is 1.25 bits per heavy atom.